The Balaban J connectivity index is 1.65. The third-order valence-electron chi connectivity index (χ3n) is 5.85. The summed E-state index contributed by atoms with van der Waals surface area (Å²) in [5, 5.41) is 2.80. The van der Waals surface area contributed by atoms with Crippen molar-refractivity contribution in [2.45, 2.75) is 26.8 Å². The number of anilines is 2. The maximum Gasteiger partial charge on any atom is 0.268 e. The average Bonchev–Trinajstić information content (AvgIpc) is 3.51. The minimum Gasteiger partial charge on any atom is -0.370 e. The topological polar surface area (TPSA) is 127 Å². The van der Waals surface area contributed by atoms with Crippen LogP contribution in [0.3, 0.4) is 0 Å². The van der Waals surface area contributed by atoms with Gasteiger partial charge in [0.25, 0.3) is 11.8 Å². The van der Waals surface area contributed by atoms with E-state index >= 15 is 0 Å². The SMILES string of the molecule is CC(C)C(=O)c1ccc(C(=O)Nc2nc3cc(N(C)C(=O)c4ccccc4)ccc3n2CCC(N)=O)s1. The van der Waals surface area contributed by atoms with Gasteiger partial charge >= 0.3 is 0 Å². The van der Waals surface area contributed by atoms with Gasteiger partial charge < -0.3 is 15.2 Å². The van der Waals surface area contributed by atoms with Crippen LogP contribution in [0.4, 0.5) is 11.6 Å². The molecule has 3 amide bonds. The molecule has 37 heavy (non-hydrogen) atoms. The van der Waals surface area contributed by atoms with Gasteiger partial charge in [0.05, 0.1) is 20.8 Å². The lowest BCUT2D eigenvalue weighted by atomic mass is 10.1. The highest BCUT2D eigenvalue weighted by molar-refractivity contribution is 7.16. The normalized spacial score (nSPS) is 11.0. The number of thiophene rings is 1. The highest BCUT2D eigenvalue weighted by Gasteiger charge is 2.20. The summed E-state index contributed by atoms with van der Waals surface area (Å²) < 4.78 is 1.70. The van der Waals surface area contributed by atoms with Crippen LogP contribution in [0.25, 0.3) is 11.0 Å². The molecule has 2 aromatic heterocycles. The van der Waals surface area contributed by atoms with Crippen LogP contribution in [0.5, 0.6) is 0 Å². The number of Topliss-reactive ketones (excluding diaryl/α,β-unsaturated/α-hetero) is 1. The number of fused-ring (bicyclic) bond motifs is 1. The molecule has 3 N–H and O–H groups in total. The zero-order chi connectivity index (χ0) is 26.7. The number of aromatic nitrogens is 2. The van der Waals surface area contributed by atoms with E-state index in [0.29, 0.717) is 32.0 Å². The molecule has 0 aliphatic rings. The third kappa shape index (κ3) is 5.59. The first-order valence-corrected chi connectivity index (χ1v) is 12.5. The molecule has 0 fully saturated rings. The molecule has 190 valence electrons. The van der Waals surface area contributed by atoms with Crippen LogP contribution < -0.4 is 16.0 Å². The van der Waals surface area contributed by atoms with Gasteiger partial charge in [-0.3, -0.25) is 24.5 Å². The van der Waals surface area contributed by atoms with Crippen LogP contribution in [0, 0.1) is 5.92 Å². The van der Waals surface area contributed by atoms with Crippen molar-refractivity contribution in [3.63, 3.8) is 0 Å². The average molecular weight is 518 g/mol. The number of hydrogen-bond donors (Lipinski definition) is 2. The Kier molecular flexibility index (Phi) is 7.49. The number of benzene rings is 2. The molecule has 0 aliphatic heterocycles. The van der Waals surface area contributed by atoms with Gasteiger partial charge in [0.15, 0.2) is 5.78 Å². The van der Waals surface area contributed by atoms with Gasteiger partial charge in [0.2, 0.25) is 11.9 Å². The molecular weight excluding hydrogens is 490 g/mol. The quantitative estimate of drug-likeness (QED) is 0.319. The summed E-state index contributed by atoms with van der Waals surface area (Å²) in [5.74, 6) is -1.04. The Bertz CT molecular complexity index is 1490. The Morgan fingerprint density at radius 1 is 1.03 bits per heavy atom. The van der Waals surface area contributed by atoms with Gasteiger partial charge in [-0.2, -0.15) is 0 Å². The van der Waals surface area contributed by atoms with E-state index in [2.05, 4.69) is 10.3 Å². The van der Waals surface area contributed by atoms with Crippen molar-refractivity contribution >= 4 is 57.5 Å². The van der Waals surface area contributed by atoms with Crippen molar-refractivity contribution < 1.29 is 19.2 Å². The zero-order valence-electron chi connectivity index (χ0n) is 20.7. The van der Waals surface area contributed by atoms with Crippen LogP contribution >= 0.6 is 11.3 Å². The molecule has 0 saturated heterocycles. The summed E-state index contributed by atoms with van der Waals surface area (Å²) in [5.41, 5.74) is 7.74. The maximum atomic E-state index is 13.0. The number of rotatable bonds is 9. The molecule has 0 unspecified atom stereocenters. The first-order chi connectivity index (χ1) is 17.7. The second kappa shape index (κ2) is 10.8. The van der Waals surface area contributed by atoms with Gasteiger partial charge in [-0.25, -0.2) is 4.98 Å². The van der Waals surface area contributed by atoms with Crippen LogP contribution in [-0.4, -0.2) is 40.1 Å². The number of carbonyl (C=O) groups excluding carboxylic acids is 4. The summed E-state index contributed by atoms with van der Waals surface area (Å²) in [4.78, 5) is 56.6. The largest absolute Gasteiger partial charge is 0.370 e. The van der Waals surface area contributed by atoms with Crippen molar-refractivity contribution in [1.82, 2.24) is 9.55 Å². The summed E-state index contributed by atoms with van der Waals surface area (Å²) in [6, 6.07) is 17.5. The lowest BCUT2D eigenvalue weighted by Gasteiger charge is -2.17. The number of nitrogens with one attached hydrogen (secondary N) is 1. The van der Waals surface area contributed by atoms with E-state index in [-0.39, 0.29) is 36.5 Å². The van der Waals surface area contributed by atoms with E-state index < -0.39 is 11.8 Å². The summed E-state index contributed by atoms with van der Waals surface area (Å²) in [6.45, 7) is 3.82. The molecule has 2 heterocycles. The third-order valence-corrected chi connectivity index (χ3v) is 6.95. The summed E-state index contributed by atoms with van der Waals surface area (Å²) in [6.07, 6.45) is 0.0501. The van der Waals surface area contributed by atoms with Crippen molar-refractivity contribution in [2.75, 3.05) is 17.3 Å². The molecule has 0 saturated carbocycles. The number of imidazole rings is 1. The zero-order valence-corrected chi connectivity index (χ0v) is 21.5. The minimum absolute atomic E-state index is 0.0283. The van der Waals surface area contributed by atoms with Crippen LogP contribution in [0.2, 0.25) is 0 Å². The van der Waals surface area contributed by atoms with Crippen molar-refractivity contribution in [3.8, 4) is 0 Å². The van der Waals surface area contributed by atoms with Gasteiger partial charge in [-0.05, 0) is 42.5 Å². The first-order valence-electron chi connectivity index (χ1n) is 11.7. The number of carbonyl (C=O) groups is 4. The predicted octanol–water partition coefficient (Wildman–Crippen LogP) is 4.34. The maximum absolute atomic E-state index is 13.0. The van der Waals surface area contributed by atoms with E-state index in [4.69, 9.17) is 5.73 Å². The van der Waals surface area contributed by atoms with Crippen LogP contribution in [0.1, 0.15) is 50.0 Å². The first kappa shape index (κ1) is 25.8. The van der Waals surface area contributed by atoms with E-state index in [1.165, 1.54) is 4.90 Å². The smallest absolute Gasteiger partial charge is 0.268 e. The molecular formula is C27H27N5O4S. The van der Waals surface area contributed by atoms with Gasteiger partial charge in [0, 0.05) is 37.2 Å². The lowest BCUT2D eigenvalue weighted by molar-refractivity contribution is -0.118. The van der Waals surface area contributed by atoms with E-state index in [0.717, 1.165) is 11.3 Å². The van der Waals surface area contributed by atoms with Gasteiger partial charge in [-0.1, -0.05) is 32.0 Å². The van der Waals surface area contributed by atoms with Gasteiger partial charge in [0.1, 0.15) is 0 Å². The summed E-state index contributed by atoms with van der Waals surface area (Å²) in [7, 11) is 1.68. The van der Waals surface area contributed by atoms with E-state index in [1.54, 1.807) is 66.2 Å². The second-order valence-electron chi connectivity index (χ2n) is 8.84. The molecule has 0 radical (unpaired) electrons. The highest BCUT2D eigenvalue weighted by atomic mass is 32.1. The molecule has 4 rings (SSSR count). The number of aryl methyl sites for hydroxylation is 1. The molecule has 0 atom stereocenters. The highest BCUT2D eigenvalue weighted by Crippen LogP contribution is 2.27. The van der Waals surface area contributed by atoms with E-state index in [9.17, 15) is 19.2 Å². The van der Waals surface area contributed by atoms with Gasteiger partial charge in [-0.15, -0.1) is 11.3 Å². The molecule has 0 aliphatic carbocycles. The molecule has 0 spiro atoms. The number of amides is 3. The second-order valence-corrected chi connectivity index (χ2v) is 9.93. The molecule has 0 bridgehead atoms. The number of nitrogens with two attached hydrogens (primary N) is 1. The minimum atomic E-state index is -0.487. The Labute approximate surface area is 217 Å². The number of nitrogens with zero attached hydrogens (tertiary/aromatic N) is 3. The Morgan fingerprint density at radius 2 is 1.73 bits per heavy atom. The predicted molar refractivity (Wildman–Crippen MR) is 144 cm³/mol. The van der Waals surface area contributed by atoms with Crippen molar-refractivity contribution in [3.05, 3.63) is 76.0 Å². The Morgan fingerprint density at radius 3 is 2.41 bits per heavy atom. The van der Waals surface area contributed by atoms with Crippen molar-refractivity contribution in [2.24, 2.45) is 11.7 Å². The standard InChI is InChI=1S/C27H27N5O4S/c1-16(2)24(34)21-11-12-22(37-21)25(35)30-27-29-19-15-18(9-10-20(19)32(27)14-13-23(28)33)31(3)26(36)17-7-5-4-6-8-17/h4-12,15-16H,13-14H2,1-3H3,(H2,28,33)(H,29,30,35). The van der Waals surface area contributed by atoms with E-state index in [1.807, 2.05) is 19.9 Å². The lowest BCUT2D eigenvalue weighted by Crippen LogP contribution is -2.26. The monoisotopic (exact) mass is 517 g/mol. The number of hydrogen-bond acceptors (Lipinski definition) is 6. The molecule has 4 aromatic rings. The van der Waals surface area contributed by atoms with Crippen LogP contribution in [0.15, 0.2) is 60.7 Å². The summed E-state index contributed by atoms with van der Waals surface area (Å²) >= 11 is 1.12. The van der Waals surface area contributed by atoms with Crippen LogP contribution in [-0.2, 0) is 11.3 Å². The Hall–Kier alpha value is -4.31. The molecule has 10 heteroatoms. The fourth-order valence-electron chi connectivity index (χ4n) is 3.80. The van der Waals surface area contributed by atoms with Crippen molar-refractivity contribution in [1.29, 1.82) is 0 Å². The number of ketones is 1. The molecule has 2 aromatic carbocycles. The fourth-order valence-corrected chi connectivity index (χ4v) is 4.79. The molecule has 9 nitrogen and oxygen atoms in total. The fraction of sp³-hybridized carbons (Fsp3) is 0.222. The number of primary amides is 1.